The van der Waals surface area contributed by atoms with Crippen LogP contribution < -0.4 is 5.32 Å². The Labute approximate surface area is 111 Å². The molecule has 0 radical (unpaired) electrons. The number of nitro groups is 1. The standard InChI is InChI=1S/C12H16ClN3O2/c1-15-5-4-10(8-15)14-7-9-6-11(16(17)18)2-3-12(9)13/h2-3,6,10,14H,4-5,7-8H2,1H3. The Morgan fingerprint density at radius 2 is 2.39 bits per heavy atom. The summed E-state index contributed by atoms with van der Waals surface area (Å²) >= 11 is 6.04. The summed E-state index contributed by atoms with van der Waals surface area (Å²) in [6, 6.07) is 4.98. The number of nitrogens with zero attached hydrogens (tertiary/aromatic N) is 2. The summed E-state index contributed by atoms with van der Waals surface area (Å²) in [5.74, 6) is 0. The number of benzene rings is 1. The number of nitro benzene ring substituents is 1. The second kappa shape index (κ2) is 5.65. The Balaban J connectivity index is 2.00. The largest absolute Gasteiger partial charge is 0.309 e. The first-order chi connectivity index (χ1) is 8.56. The van der Waals surface area contributed by atoms with Crippen molar-refractivity contribution in [2.75, 3.05) is 20.1 Å². The molecule has 1 heterocycles. The average molecular weight is 270 g/mol. The van der Waals surface area contributed by atoms with Crippen molar-refractivity contribution >= 4 is 17.3 Å². The summed E-state index contributed by atoms with van der Waals surface area (Å²) in [6.45, 7) is 2.66. The van der Waals surface area contributed by atoms with E-state index in [0.717, 1.165) is 25.1 Å². The minimum Gasteiger partial charge on any atom is -0.309 e. The minimum absolute atomic E-state index is 0.0831. The van der Waals surface area contributed by atoms with Crippen LogP contribution in [0.5, 0.6) is 0 Å². The zero-order valence-electron chi connectivity index (χ0n) is 10.2. The quantitative estimate of drug-likeness (QED) is 0.671. The van der Waals surface area contributed by atoms with Gasteiger partial charge in [0.1, 0.15) is 0 Å². The number of non-ortho nitro benzene ring substituents is 1. The van der Waals surface area contributed by atoms with E-state index in [9.17, 15) is 10.1 Å². The van der Waals surface area contributed by atoms with Crippen molar-refractivity contribution in [3.05, 3.63) is 38.9 Å². The van der Waals surface area contributed by atoms with Gasteiger partial charge in [-0.1, -0.05) is 11.6 Å². The molecule has 5 nitrogen and oxygen atoms in total. The molecule has 1 aromatic carbocycles. The normalized spacial score (nSPS) is 20.2. The van der Waals surface area contributed by atoms with Crippen LogP contribution in [0.1, 0.15) is 12.0 Å². The second-order valence-corrected chi connectivity index (χ2v) is 5.07. The molecule has 2 rings (SSSR count). The summed E-state index contributed by atoms with van der Waals surface area (Å²) in [5, 5.41) is 14.7. The van der Waals surface area contributed by atoms with Crippen molar-refractivity contribution in [3.63, 3.8) is 0 Å². The highest BCUT2D eigenvalue weighted by atomic mass is 35.5. The Kier molecular flexibility index (Phi) is 4.16. The van der Waals surface area contributed by atoms with Crippen LogP contribution in [0.4, 0.5) is 5.69 Å². The molecule has 1 aromatic rings. The molecule has 0 aliphatic carbocycles. The van der Waals surface area contributed by atoms with Gasteiger partial charge in [-0.3, -0.25) is 10.1 Å². The van der Waals surface area contributed by atoms with Gasteiger partial charge < -0.3 is 10.2 Å². The molecule has 1 fully saturated rings. The molecule has 6 heteroatoms. The lowest BCUT2D eigenvalue weighted by molar-refractivity contribution is -0.384. The minimum atomic E-state index is -0.400. The molecule has 0 saturated carbocycles. The van der Waals surface area contributed by atoms with E-state index in [4.69, 9.17) is 11.6 Å². The first-order valence-electron chi connectivity index (χ1n) is 5.91. The van der Waals surface area contributed by atoms with Crippen LogP contribution in [0.15, 0.2) is 18.2 Å². The van der Waals surface area contributed by atoms with E-state index in [1.165, 1.54) is 12.1 Å². The van der Waals surface area contributed by atoms with Crippen LogP contribution in [-0.2, 0) is 6.54 Å². The Hall–Kier alpha value is -1.17. The van der Waals surface area contributed by atoms with E-state index in [1.54, 1.807) is 6.07 Å². The summed E-state index contributed by atoms with van der Waals surface area (Å²) < 4.78 is 0. The van der Waals surface area contributed by atoms with Gasteiger partial charge >= 0.3 is 0 Å². The molecule has 1 aliphatic rings. The van der Waals surface area contributed by atoms with E-state index in [2.05, 4.69) is 17.3 Å². The lowest BCUT2D eigenvalue weighted by Gasteiger charge is -2.13. The van der Waals surface area contributed by atoms with E-state index >= 15 is 0 Å². The maximum atomic E-state index is 10.7. The van der Waals surface area contributed by atoms with Gasteiger partial charge in [0.2, 0.25) is 0 Å². The predicted octanol–water partition coefficient (Wildman–Crippen LogP) is 2.04. The number of likely N-dealkylation sites (N-methyl/N-ethyl adjacent to an activating group) is 1. The van der Waals surface area contributed by atoms with Crippen LogP contribution in [0.25, 0.3) is 0 Å². The van der Waals surface area contributed by atoms with Crippen LogP contribution >= 0.6 is 11.6 Å². The number of hydrogen-bond donors (Lipinski definition) is 1. The van der Waals surface area contributed by atoms with Gasteiger partial charge in [-0.25, -0.2) is 0 Å². The third-order valence-corrected chi connectivity index (χ3v) is 3.58. The number of hydrogen-bond acceptors (Lipinski definition) is 4. The van der Waals surface area contributed by atoms with E-state index in [-0.39, 0.29) is 5.69 Å². The Morgan fingerprint density at radius 3 is 3.00 bits per heavy atom. The fourth-order valence-corrected chi connectivity index (χ4v) is 2.35. The molecule has 0 aromatic heterocycles. The van der Waals surface area contributed by atoms with Gasteiger partial charge in [0, 0.05) is 36.3 Å². The third kappa shape index (κ3) is 3.19. The summed E-state index contributed by atoms with van der Waals surface area (Å²) in [7, 11) is 2.09. The molecule has 0 spiro atoms. The molecule has 1 saturated heterocycles. The zero-order chi connectivity index (χ0) is 13.1. The topological polar surface area (TPSA) is 58.4 Å². The van der Waals surface area contributed by atoms with Gasteiger partial charge in [0.15, 0.2) is 0 Å². The molecule has 18 heavy (non-hydrogen) atoms. The summed E-state index contributed by atoms with van der Waals surface area (Å²) in [4.78, 5) is 12.6. The van der Waals surface area contributed by atoms with Crippen molar-refractivity contribution in [2.24, 2.45) is 0 Å². The molecule has 0 bridgehead atoms. The monoisotopic (exact) mass is 269 g/mol. The number of rotatable bonds is 4. The maximum Gasteiger partial charge on any atom is 0.269 e. The molecule has 1 atom stereocenters. The Morgan fingerprint density at radius 1 is 1.61 bits per heavy atom. The fourth-order valence-electron chi connectivity index (χ4n) is 2.17. The summed E-state index contributed by atoms with van der Waals surface area (Å²) in [5.41, 5.74) is 0.861. The smallest absolute Gasteiger partial charge is 0.269 e. The number of halogens is 1. The van der Waals surface area contributed by atoms with Crippen molar-refractivity contribution in [2.45, 2.75) is 19.0 Å². The highest BCUT2D eigenvalue weighted by Gasteiger charge is 2.19. The van der Waals surface area contributed by atoms with Crippen LogP contribution in [0.2, 0.25) is 5.02 Å². The van der Waals surface area contributed by atoms with Crippen molar-refractivity contribution in [3.8, 4) is 0 Å². The average Bonchev–Trinajstić information content (AvgIpc) is 2.74. The Bertz CT molecular complexity index is 453. The first-order valence-corrected chi connectivity index (χ1v) is 6.29. The van der Waals surface area contributed by atoms with Crippen molar-refractivity contribution in [1.82, 2.24) is 10.2 Å². The third-order valence-electron chi connectivity index (χ3n) is 3.21. The molecule has 1 aliphatic heterocycles. The fraction of sp³-hybridized carbons (Fsp3) is 0.500. The van der Waals surface area contributed by atoms with Gasteiger partial charge in [-0.05, 0) is 31.6 Å². The number of nitrogens with one attached hydrogen (secondary N) is 1. The molecular formula is C12H16ClN3O2. The second-order valence-electron chi connectivity index (χ2n) is 4.66. The van der Waals surface area contributed by atoms with Crippen LogP contribution in [-0.4, -0.2) is 36.0 Å². The van der Waals surface area contributed by atoms with Gasteiger partial charge in [0.05, 0.1) is 4.92 Å². The van der Waals surface area contributed by atoms with Gasteiger partial charge in [-0.2, -0.15) is 0 Å². The maximum absolute atomic E-state index is 10.7. The zero-order valence-corrected chi connectivity index (χ0v) is 11.0. The molecule has 0 amide bonds. The summed E-state index contributed by atoms with van der Waals surface area (Å²) in [6.07, 6.45) is 1.10. The van der Waals surface area contributed by atoms with Crippen LogP contribution in [0, 0.1) is 10.1 Å². The highest BCUT2D eigenvalue weighted by molar-refractivity contribution is 6.31. The predicted molar refractivity (Wildman–Crippen MR) is 70.8 cm³/mol. The van der Waals surface area contributed by atoms with E-state index in [0.29, 0.717) is 17.6 Å². The molecule has 1 N–H and O–H groups in total. The van der Waals surface area contributed by atoms with E-state index < -0.39 is 4.92 Å². The molecule has 1 unspecified atom stereocenters. The van der Waals surface area contributed by atoms with Crippen LogP contribution in [0.3, 0.4) is 0 Å². The molecule has 98 valence electrons. The first kappa shape index (κ1) is 13.3. The lowest BCUT2D eigenvalue weighted by Crippen LogP contribution is -2.31. The highest BCUT2D eigenvalue weighted by Crippen LogP contribution is 2.22. The van der Waals surface area contributed by atoms with Crippen molar-refractivity contribution in [1.29, 1.82) is 0 Å². The van der Waals surface area contributed by atoms with Gasteiger partial charge in [0.25, 0.3) is 5.69 Å². The van der Waals surface area contributed by atoms with Crippen molar-refractivity contribution < 1.29 is 4.92 Å². The van der Waals surface area contributed by atoms with E-state index in [1.807, 2.05) is 0 Å². The molecular weight excluding hydrogens is 254 g/mol. The van der Waals surface area contributed by atoms with Gasteiger partial charge in [-0.15, -0.1) is 0 Å². The number of likely N-dealkylation sites (tertiary alicyclic amines) is 1. The SMILES string of the molecule is CN1CCC(NCc2cc([N+](=O)[O-])ccc2Cl)C1. The lowest BCUT2D eigenvalue weighted by atomic mass is 10.2.